The van der Waals surface area contributed by atoms with Crippen LogP contribution in [-0.2, 0) is 15.5 Å². The second-order valence-electron chi connectivity index (χ2n) is 5.41. The van der Waals surface area contributed by atoms with E-state index in [9.17, 15) is 8.42 Å². The van der Waals surface area contributed by atoms with Gasteiger partial charge >= 0.3 is 0 Å². The van der Waals surface area contributed by atoms with Crippen molar-refractivity contribution in [3.8, 4) is 0 Å². The monoisotopic (exact) mass is 264 g/mol. The lowest BCUT2D eigenvalue weighted by Gasteiger charge is -2.21. The van der Waals surface area contributed by atoms with E-state index in [1.54, 1.807) is 6.07 Å². The van der Waals surface area contributed by atoms with Crippen molar-refractivity contribution < 1.29 is 13.0 Å². The van der Waals surface area contributed by atoms with E-state index in [0.717, 1.165) is 16.3 Å². The highest BCUT2D eigenvalue weighted by Gasteiger charge is 2.17. The van der Waals surface area contributed by atoms with Crippen molar-refractivity contribution in [2.24, 2.45) is 0 Å². The first-order valence-electron chi connectivity index (χ1n) is 5.70. The second kappa shape index (κ2) is 4.07. The van der Waals surface area contributed by atoms with E-state index >= 15 is 0 Å². The predicted molar refractivity (Wildman–Crippen MR) is 72.5 cm³/mol. The van der Waals surface area contributed by atoms with Crippen molar-refractivity contribution in [2.45, 2.75) is 31.1 Å². The lowest BCUT2D eigenvalue weighted by Crippen LogP contribution is -2.11. The summed E-state index contributed by atoms with van der Waals surface area (Å²) >= 11 is 0. The summed E-state index contributed by atoms with van der Waals surface area (Å²) in [4.78, 5) is -0.0685. The quantitative estimate of drug-likeness (QED) is 0.803. The van der Waals surface area contributed by atoms with Gasteiger partial charge in [0, 0.05) is 0 Å². The summed E-state index contributed by atoms with van der Waals surface area (Å²) in [7, 11) is -4.14. The third-order valence-electron chi connectivity index (χ3n) is 2.96. The summed E-state index contributed by atoms with van der Waals surface area (Å²) in [5.41, 5.74) is 1.14. The molecular weight excluding hydrogens is 248 g/mol. The van der Waals surface area contributed by atoms with E-state index in [-0.39, 0.29) is 10.3 Å². The summed E-state index contributed by atoms with van der Waals surface area (Å²) in [5, 5.41) is 1.83. The smallest absolute Gasteiger partial charge is 0.282 e. The van der Waals surface area contributed by atoms with Crippen molar-refractivity contribution >= 4 is 20.9 Å². The Morgan fingerprint density at radius 1 is 1.06 bits per heavy atom. The van der Waals surface area contributed by atoms with Crippen molar-refractivity contribution in [3.63, 3.8) is 0 Å². The van der Waals surface area contributed by atoms with E-state index in [0.29, 0.717) is 0 Å². The van der Waals surface area contributed by atoms with Gasteiger partial charge in [0.1, 0.15) is 0 Å². The Bertz CT molecular complexity index is 695. The highest BCUT2D eigenvalue weighted by molar-refractivity contribution is 7.85. The van der Waals surface area contributed by atoms with Gasteiger partial charge in [0.2, 0.25) is 0 Å². The molecule has 0 unspecified atom stereocenters. The van der Waals surface area contributed by atoms with Gasteiger partial charge in [0.25, 0.3) is 10.1 Å². The maximum Gasteiger partial charge on any atom is 0.294 e. The lowest BCUT2D eigenvalue weighted by atomic mass is 9.84. The maximum atomic E-state index is 11.1. The van der Waals surface area contributed by atoms with E-state index in [2.05, 4.69) is 20.8 Å². The highest BCUT2D eigenvalue weighted by atomic mass is 32.2. The minimum absolute atomic E-state index is 0.0148. The van der Waals surface area contributed by atoms with Gasteiger partial charge < -0.3 is 0 Å². The summed E-state index contributed by atoms with van der Waals surface area (Å²) in [6, 6.07) is 10.5. The molecule has 0 aromatic heterocycles. The molecule has 0 atom stereocenters. The van der Waals surface area contributed by atoms with Crippen LogP contribution in [0.2, 0.25) is 0 Å². The molecule has 18 heavy (non-hydrogen) atoms. The highest BCUT2D eigenvalue weighted by Crippen LogP contribution is 2.30. The Morgan fingerprint density at radius 3 is 2.28 bits per heavy atom. The second-order valence-corrected chi connectivity index (χ2v) is 6.84. The molecule has 2 aromatic carbocycles. The fourth-order valence-corrected chi connectivity index (χ4v) is 2.59. The van der Waals surface area contributed by atoms with Crippen LogP contribution in [0, 0.1) is 0 Å². The molecule has 3 nitrogen and oxygen atoms in total. The molecule has 0 aliphatic carbocycles. The van der Waals surface area contributed by atoms with Crippen molar-refractivity contribution in [1.82, 2.24) is 0 Å². The average molecular weight is 264 g/mol. The third kappa shape index (κ3) is 2.40. The normalized spacial score (nSPS) is 12.9. The van der Waals surface area contributed by atoms with Gasteiger partial charge in [0.15, 0.2) is 0 Å². The summed E-state index contributed by atoms with van der Waals surface area (Å²) in [6.45, 7) is 6.33. The van der Waals surface area contributed by atoms with Crippen LogP contribution in [0.25, 0.3) is 10.8 Å². The molecule has 0 spiro atoms. The van der Waals surface area contributed by atoms with Crippen LogP contribution in [0.5, 0.6) is 0 Å². The predicted octanol–water partition coefficient (Wildman–Crippen LogP) is 3.38. The molecule has 96 valence electrons. The largest absolute Gasteiger partial charge is 0.294 e. The summed E-state index contributed by atoms with van der Waals surface area (Å²) < 4.78 is 31.3. The minimum Gasteiger partial charge on any atom is -0.282 e. The van der Waals surface area contributed by atoms with E-state index in [1.807, 2.05) is 18.2 Å². The first-order chi connectivity index (χ1) is 8.19. The minimum atomic E-state index is -4.14. The number of fused-ring (bicyclic) bond motifs is 1. The zero-order valence-electron chi connectivity index (χ0n) is 10.6. The topological polar surface area (TPSA) is 54.4 Å². The van der Waals surface area contributed by atoms with Crippen LogP contribution < -0.4 is 0 Å². The average Bonchev–Trinajstić information content (AvgIpc) is 2.25. The third-order valence-corrected chi connectivity index (χ3v) is 3.81. The van der Waals surface area contributed by atoms with Crippen molar-refractivity contribution in [3.05, 3.63) is 42.0 Å². The Labute approximate surface area is 107 Å². The summed E-state index contributed by atoms with van der Waals surface area (Å²) in [5.74, 6) is 0. The van der Waals surface area contributed by atoms with Gasteiger partial charge in [-0.25, -0.2) is 0 Å². The molecule has 0 saturated carbocycles. The van der Waals surface area contributed by atoms with E-state index in [1.165, 1.54) is 12.1 Å². The maximum absolute atomic E-state index is 11.1. The molecule has 0 amide bonds. The Hall–Kier alpha value is -1.39. The first kappa shape index (κ1) is 13.1. The zero-order chi connectivity index (χ0) is 13.6. The lowest BCUT2D eigenvalue weighted by molar-refractivity contribution is 0.483. The van der Waals surface area contributed by atoms with E-state index in [4.69, 9.17) is 4.55 Å². The molecule has 0 saturated heterocycles. The fourth-order valence-electron chi connectivity index (χ4n) is 2.08. The van der Waals surface area contributed by atoms with Gasteiger partial charge in [-0.1, -0.05) is 45.0 Å². The molecule has 1 N–H and O–H groups in total. The van der Waals surface area contributed by atoms with Gasteiger partial charge in [-0.3, -0.25) is 4.55 Å². The molecule has 0 aliphatic rings. The number of hydrogen-bond donors (Lipinski definition) is 1. The number of benzene rings is 2. The molecule has 0 heterocycles. The van der Waals surface area contributed by atoms with Gasteiger partial charge in [-0.2, -0.15) is 8.42 Å². The molecule has 2 aromatic rings. The van der Waals surface area contributed by atoms with Crippen LogP contribution in [0.4, 0.5) is 0 Å². The molecule has 0 aliphatic heterocycles. The van der Waals surface area contributed by atoms with Crippen LogP contribution in [-0.4, -0.2) is 13.0 Å². The molecular formula is C14H16O3S. The van der Waals surface area contributed by atoms with Crippen LogP contribution in [0.15, 0.2) is 41.3 Å². The zero-order valence-corrected chi connectivity index (χ0v) is 11.5. The Balaban J connectivity index is 2.76. The van der Waals surface area contributed by atoms with Crippen molar-refractivity contribution in [2.75, 3.05) is 0 Å². The number of hydrogen-bond acceptors (Lipinski definition) is 2. The molecule has 0 bridgehead atoms. The first-order valence-corrected chi connectivity index (χ1v) is 7.14. The van der Waals surface area contributed by atoms with Gasteiger partial charge in [0.05, 0.1) is 4.90 Å². The molecule has 0 fully saturated rings. The van der Waals surface area contributed by atoms with Crippen LogP contribution in [0.1, 0.15) is 26.3 Å². The van der Waals surface area contributed by atoms with Gasteiger partial charge in [-0.05, 0) is 33.9 Å². The standard InChI is InChI=1S/C14H16O3S/c1-14(2,3)13-6-4-5-10-9-11(18(15,16)17)7-8-12(10)13/h4-9H,1-3H3,(H,15,16,17). The Morgan fingerprint density at radius 2 is 1.72 bits per heavy atom. The molecule has 2 rings (SSSR count). The van der Waals surface area contributed by atoms with Gasteiger partial charge in [-0.15, -0.1) is 0 Å². The van der Waals surface area contributed by atoms with Crippen LogP contribution >= 0.6 is 0 Å². The Kier molecular flexibility index (Phi) is 2.95. The van der Waals surface area contributed by atoms with Crippen molar-refractivity contribution in [1.29, 1.82) is 0 Å². The van der Waals surface area contributed by atoms with E-state index < -0.39 is 10.1 Å². The number of rotatable bonds is 1. The molecule has 0 radical (unpaired) electrons. The fraction of sp³-hybridized carbons (Fsp3) is 0.286. The molecule has 4 heteroatoms. The summed E-state index contributed by atoms with van der Waals surface area (Å²) in [6.07, 6.45) is 0. The van der Waals surface area contributed by atoms with Crippen LogP contribution in [0.3, 0.4) is 0 Å². The SMILES string of the molecule is CC(C)(C)c1cccc2cc(S(=O)(=O)O)ccc12.